The normalized spacial score (nSPS) is 22.6. The van der Waals surface area contributed by atoms with Gasteiger partial charge in [0.25, 0.3) is 5.56 Å². The van der Waals surface area contributed by atoms with E-state index in [1.54, 1.807) is 13.1 Å². The summed E-state index contributed by atoms with van der Waals surface area (Å²) in [5.74, 6) is 1.20. The summed E-state index contributed by atoms with van der Waals surface area (Å²) in [6.45, 7) is 0. The van der Waals surface area contributed by atoms with Crippen molar-refractivity contribution in [1.29, 1.82) is 0 Å². The van der Waals surface area contributed by atoms with Crippen LogP contribution in [0.3, 0.4) is 0 Å². The number of Topliss-reactive ketones (excluding diaryl/α,β-unsaturated/α-hetero) is 1. The van der Waals surface area contributed by atoms with Crippen LogP contribution in [-0.2, 0) is 24.7 Å². The fourth-order valence-electron chi connectivity index (χ4n) is 2.79. The van der Waals surface area contributed by atoms with Crippen molar-refractivity contribution in [2.24, 2.45) is 18.9 Å². The summed E-state index contributed by atoms with van der Waals surface area (Å²) in [7, 11) is 1.69. The van der Waals surface area contributed by atoms with Gasteiger partial charge in [0.05, 0.1) is 5.69 Å². The zero-order valence-corrected chi connectivity index (χ0v) is 10.7. The van der Waals surface area contributed by atoms with E-state index in [0.29, 0.717) is 24.0 Å². The molecule has 1 heterocycles. The Morgan fingerprint density at radius 2 is 2.22 bits per heavy atom. The maximum absolute atomic E-state index is 11.8. The van der Waals surface area contributed by atoms with Crippen molar-refractivity contribution < 1.29 is 4.79 Å². The van der Waals surface area contributed by atoms with Crippen LogP contribution in [0.2, 0.25) is 0 Å². The largest absolute Gasteiger partial charge is 0.299 e. The molecule has 1 aromatic heterocycles. The van der Waals surface area contributed by atoms with Crippen molar-refractivity contribution in [2.45, 2.75) is 38.5 Å². The molecule has 4 heteroatoms. The minimum atomic E-state index is -0.0529. The molecule has 1 unspecified atom stereocenters. The molecule has 1 atom stereocenters. The van der Waals surface area contributed by atoms with Crippen molar-refractivity contribution in [2.75, 3.05) is 0 Å². The number of carbonyl (C=O) groups excluding carboxylic acids is 1. The lowest BCUT2D eigenvalue weighted by molar-refractivity contribution is -0.121. The van der Waals surface area contributed by atoms with Crippen molar-refractivity contribution in [3.63, 3.8) is 0 Å². The predicted molar refractivity (Wildman–Crippen MR) is 67.3 cm³/mol. The monoisotopic (exact) mass is 246 g/mol. The maximum Gasteiger partial charge on any atom is 0.266 e. The quantitative estimate of drug-likeness (QED) is 0.806. The van der Waals surface area contributed by atoms with Crippen molar-refractivity contribution in [1.82, 2.24) is 9.78 Å². The summed E-state index contributed by atoms with van der Waals surface area (Å²) in [5, 5.41) is 4.29. The third-order valence-electron chi connectivity index (χ3n) is 4.08. The van der Waals surface area contributed by atoms with Gasteiger partial charge in [-0.25, -0.2) is 4.68 Å². The first kappa shape index (κ1) is 11.6. The van der Waals surface area contributed by atoms with Gasteiger partial charge in [-0.15, -0.1) is 0 Å². The van der Waals surface area contributed by atoms with Crippen LogP contribution in [0.1, 0.15) is 36.9 Å². The van der Waals surface area contributed by atoms with Gasteiger partial charge in [-0.05, 0) is 43.6 Å². The zero-order chi connectivity index (χ0) is 12.7. The summed E-state index contributed by atoms with van der Waals surface area (Å²) >= 11 is 0. The molecule has 4 nitrogen and oxygen atoms in total. The number of rotatable bonds is 3. The van der Waals surface area contributed by atoms with Crippen LogP contribution in [0.4, 0.5) is 0 Å². The Labute approximate surface area is 106 Å². The van der Waals surface area contributed by atoms with Gasteiger partial charge in [0.15, 0.2) is 0 Å². The van der Waals surface area contributed by atoms with Crippen LogP contribution in [0, 0.1) is 11.8 Å². The smallest absolute Gasteiger partial charge is 0.266 e. The van der Waals surface area contributed by atoms with Gasteiger partial charge < -0.3 is 0 Å². The minimum Gasteiger partial charge on any atom is -0.299 e. The third kappa shape index (κ3) is 2.24. The fraction of sp³-hybridized carbons (Fsp3) is 0.643. The molecule has 0 amide bonds. The van der Waals surface area contributed by atoms with E-state index in [2.05, 4.69) is 5.10 Å². The molecular weight excluding hydrogens is 228 g/mol. The number of hydrogen-bond acceptors (Lipinski definition) is 3. The molecule has 1 aromatic rings. The molecule has 18 heavy (non-hydrogen) atoms. The lowest BCUT2D eigenvalue weighted by Gasteiger charge is -2.23. The Kier molecular flexibility index (Phi) is 2.80. The predicted octanol–water partition coefficient (Wildman–Crippen LogP) is 1.25. The van der Waals surface area contributed by atoms with E-state index in [-0.39, 0.29) is 5.56 Å². The van der Waals surface area contributed by atoms with E-state index in [1.165, 1.54) is 4.68 Å². The first-order chi connectivity index (χ1) is 8.63. The van der Waals surface area contributed by atoms with Crippen LogP contribution < -0.4 is 5.56 Å². The van der Waals surface area contributed by atoms with Crippen molar-refractivity contribution in [3.8, 4) is 0 Å². The Hall–Kier alpha value is -1.45. The Morgan fingerprint density at radius 3 is 2.94 bits per heavy atom. The first-order valence-corrected chi connectivity index (χ1v) is 6.72. The van der Waals surface area contributed by atoms with Gasteiger partial charge in [0.1, 0.15) is 5.78 Å². The van der Waals surface area contributed by atoms with Gasteiger partial charge in [0.2, 0.25) is 0 Å². The molecular formula is C14H18N2O2. The molecule has 0 saturated heterocycles. The summed E-state index contributed by atoms with van der Waals surface area (Å²) in [5.41, 5.74) is 2.04. The maximum atomic E-state index is 11.8. The van der Waals surface area contributed by atoms with E-state index in [9.17, 15) is 9.59 Å². The molecule has 1 saturated carbocycles. The number of carbonyl (C=O) groups is 1. The number of hydrogen-bond donors (Lipinski definition) is 0. The van der Waals surface area contributed by atoms with Crippen LogP contribution in [-0.4, -0.2) is 15.6 Å². The number of nitrogens with zero attached hydrogens (tertiary/aromatic N) is 2. The van der Waals surface area contributed by atoms with Gasteiger partial charge in [-0.3, -0.25) is 9.59 Å². The van der Waals surface area contributed by atoms with Crippen LogP contribution >= 0.6 is 0 Å². The third-order valence-corrected chi connectivity index (χ3v) is 4.08. The Balaban J connectivity index is 1.74. The fourth-order valence-corrected chi connectivity index (χ4v) is 2.79. The molecule has 2 aliphatic rings. The topological polar surface area (TPSA) is 52.0 Å². The minimum absolute atomic E-state index is 0.0529. The van der Waals surface area contributed by atoms with Gasteiger partial charge in [-0.1, -0.05) is 0 Å². The average Bonchev–Trinajstić information content (AvgIpc) is 3.15. The highest BCUT2D eigenvalue weighted by molar-refractivity contribution is 5.83. The highest BCUT2D eigenvalue weighted by Gasteiger charge is 2.32. The highest BCUT2D eigenvalue weighted by Crippen LogP contribution is 2.34. The SMILES string of the molecule is Cn1nc2c(cc1=O)CC(CC(=O)C1CC1)CC2. The molecule has 0 aromatic carbocycles. The van der Waals surface area contributed by atoms with Gasteiger partial charge >= 0.3 is 0 Å². The summed E-state index contributed by atoms with van der Waals surface area (Å²) in [6, 6.07) is 1.69. The summed E-state index contributed by atoms with van der Waals surface area (Å²) in [6.07, 6.45) is 5.63. The molecule has 0 N–H and O–H groups in total. The molecule has 1 fully saturated rings. The van der Waals surface area contributed by atoms with Crippen molar-refractivity contribution >= 4 is 5.78 Å². The summed E-state index contributed by atoms with van der Waals surface area (Å²) in [4.78, 5) is 23.4. The van der Waals surface area contributed by atoms with E-state index >= 15 is 0 Å². The molecule has 2 aliphatic carbocycles. The van der Waals surface area contributed by atoms with Crippen LogP contribution in [0.5, 0.6) is 0 Å². The number of aromatic nitrogens is 2. The number of fused-ring (bicyclic) bond motifs is 1. The van der Waals surface area contributed by atoms with E-state index < -0.39 is 0 Å². The van der Waals surface area contributed by atoms with Gasteiger partial charge in [0, 0.05) is 25.5 Å². The highest BCUT2D eigenvalue weighted by atomic mass is 16.1. The standard InChI is InChI=1S/C14H18N2O2/c1-16-14(18)8-11-6-9(2-5-12(11)15-16)7-13(17)10-3-4-10/h8-10H,2-7H2,1H3. The van der Waals surface area contributed by atoms with E-state index in [4.69, 9.17) is 0 Å². The Morgan fingerprint density at radius 1 is 1.44 bits per heavy atom. The second-order valence-electron chi connectivity index (χ2n) is 5.63. The van der Waals surface area contributed by atoms with Crippen LogP contribution in [0.15, 0.2) is 10.9 Å². The lowest BCUT2D eigenvalue weighted by Crippen LogP contribution is -2.26. The van der Waals surface area contributed by atoms with E-state index in [1.807, 2.05) is 0 Å². The molecule has 3 rings (SSSR count). The van der Waals surface area contributed by atoms with E-state index in [0.717, 1.165) is 43.4 Å². The molecule has 96 valence electrons. The second-order valence-corrected chi connectivity index (χ2v) is 5.63. The lowest BCUT2D eigenvalue weighted by atomic mass is 9.83. The van der Waals surface area contributed by atoms with Gasteiger partial charge in [-0.2, -0.15) is 5.10 Å². The number of ketones is 1. The molecule has 0 spiro atoms. The average molecular weight is 246 g/mol. The van der Waals surface area contributed by atoms with Crippen molar-refractivity contribution in [3.05, 3.63) is 27.7 Å². The molecule has 0 radical (unpaired) electrons. The molecule has 0 aliphatic heterocycles. The van der Waals surface area contributed by atoms with Crippen LogP contribution in [0.25, 0.3) is 0 Å². The second kappa shape index (κ2) is 4.34. The zero-order valence-electron chi connectivity index (χ0n) is 10.7. The summed E-state index contributed by atoms with van der Waals surface area (Å²) < 4.78 is 1.40. The Bertz CT molecular complexity index is 543. The molecule has 0 bridgehead atoms. The number of aryl methyl sites for hydroxylation is 2. The first-order valence-electron chi connectivity index (χ1n) is 6.72.